The van der Waals surface area contributed by atoms with Crippen molar-refractivity contribution in [1.29, 1.82) is 0 Å². The summed E-state index contributed by atoms with van der Waals surface area (Å²) < 4.78 is 26.9. The zero-order chi connectivity index (χ0) is 15.7. The fourth-order valence-corrected chi connectivity index (χ4v) is 4.63. The van der Waals surface area contributed by atoms with Crippen LogP contribution in [0, 0.1) is 0 Å². The highest BCUT2D eigenvalue weighted by Gasteiger charge is 2.41. The van der Waals surface area contributed by atoms with Gasteiger partial charge in [0, 0.05) is 25.5 Å². The van der Waals surface area contributed by atoms with E-state index in [1.54, 1.807) is 6.20 Å². The van der Waals surface area contributed by atoms with Crippen molar-refractivity contribution in [2.45, 2.75) is 44.3 Å². The molecule has 7 nitrogen and oxygen atoms in total. The molecule has 0 N–H and O–H groups in total. The molecule has 0 aromatic carbocycles. The Hall–Kier alpha value is -1.41. The largest absolute Gasteiger partial charge is 0.336 e. The fourth-order valence-electron chi connectivity index (χ4n) is 3.52. The number of hydrogen-bond donors (Lipinski definition) is 0. The molecule has 0 radical (unpaired) electrons. The van der Waals surface area contributed by atoms with E-state index in [2.05, 4.69) is 5.10 Å². The average molecular weight is 326 g/mol. The first kappa shape index (κ1) is 15.5. The van der Waals surface area contributed by atoms with Gasteiger partial charge in [-0.15, -0.1) is 0 Å². The molecule has 3 rings (SSSR count). The third kappa shape index (κ3) is 3.03. The number of amides is 1. The third-order valence-corrected chi connectivity index (χ3v) is 5.82. The summed E-state index contributed by atoms with van der Waals surface area (Å²) in [6.45, 7) is 1.83. The minimum atomic E-state index is -3.33. The molecule has 1 amide bonds. The van der Waals surface area contributed by atoms with Gasteiger partial charge in [-0.2, -0.15) is 9.40 Å². The standard InChI is InChI=1S/C14H22N4O3S/c1-22(20,21)18-10-3-6-13(18)14(19)17-9-2-5-12(17)11-16-8-4-7-15-16/h4,7-8,12-13H,2-3,5-6,9-11H2,1H3. The van der Waals surface area contributed by atoms with Gasteiger partial charge < -0.3 is 4.90 Å². The predicted molar refractivity (Wildman–Crippen MR) is 81.5 cm³/mol. The molecule has 2 saturated heterocycles. The Balaban J connectivity index is 1.73. The molecule has 2 aliphatic heterocycles. The van der Waals surface area contributed by atoms with Gasteiger partial charge in [-0.1, -0.05) is 0 Å². The van der Waals surface area contributed by atoms with Crippen LogP contribution in [0.2, 0.25) is 0 Å². The second kappa shape index (κ2) is 6.00. The molecular formula is C14H22N4O3S. The lowest BCUT2D eigenvalue weighted by Gasteiger charge is -2.30. The highest BCUT2D eigenvalue weighted by molar-refractivity contribution is 7.88. The van der Waals surface area contributed by atoms with Crippen molar-refractivity contribution < 1.29 is 13.2 Å². The molecule has 22 heavy (non-hydrogen) atoms. The zero-order valence-corrected chi connectivity index (χ0v) is 13.6. The van der Waals surface area contributed by atoms with E-state index in [4.69, 9.17) is 0 Å². The van der Waals surface area contributed by atoms with Crippen LogP contribution in [-0.2, 0) is 21.4 Å². The molecule has 2 atom stereocenters. The summed E-state index contributed by atoms with van der Waals surface area (Å²) in [6, 6.07) is 1.45. The van der Waals surface area contributed by atoms with Gasteiger partial charge in [0.15, 0.2) is 0 Å². The first-order valence-electron chi connectivity index (χ1n) is 7.71. The van der Waals surface area contributed by atoms with Crippen molar-refractivity contribution in [2.75, 3.05) is 19.3 Å². The van der Waals surface area contributed by atoms with Crippen LogP contribution in [0.5, 0.6) is 0 Å². The van der Waals surface area contributed by atoms with E-state index < -0.39 is 16.1 Å². The summed E-state index contributed by atoms with van der Waals surface area (Å²) in [6.07, 6.45) is 8.07. The molecule has 2 aliphatic rings. The Morgan fingerprint density at radius 3 is 2.73 bits per heavy atom. The number of nitrogens with zero attached hydrogens (tertiary/aromatic N) is 4. The molecule has 0 aliphatic carbocycles. The van der Waals surface area contributed by atoms with Crippen molar-refractivity contribution in [1.82, 2.24) is 19.0 Å². The number of likely N-dealkylation sites (tertiary alicyclic amines) is 1. The number of carbonyl (C=O) groups is 1. The maximum atomic E-state index is 12.8. The normalized spacial score (nSPS) is 26.7. The second-order valence-corrected chi connectivity index (χ2v) is 8.02. The number of hydrogen-bond acceptors (Lipinski definition) is 4. The summed E-state index contributed by atoms with van der Waals surface area (Å²) in [7, 11) is -3.33. The maximum absolute atomic E-state index is 12.8. The van der Waals surface area contributed by atoms with Crippen molar-refractivity contribution in [3.63, 3.8) is 0 Å². The zero-order valence-electron chi connectivity index (χ0n) is 12.8. The van der Waals surface area contributed by atoms with Crippen molar-refractivity contribution >= 4 is 15.9 Å². The van der Waals surface area contributed by atoms with Crippen LogP contribution in [0.4, 0.5) is 0 Å². The van der Waals surface area contributed by atoms with Gasteiger partial charge in [0.25, 0.3) is 0 Å². The first-order chi connectivity index (χ1) is 10.5. The van der Waals surface area contributed by atoms with Gasteiger partial charge >= 0.3 is 0 Å². The summed E-state index contributed by atoms with van der Waals surface area (Å²) >= 11 is 0. The molecule has 1 aromatic heterocycles. The molecule has 3 heterocycles. The summed E-state index contributed by atoms with van der Waals surface area (Å²) in [4.78, 5) is 14.7. The number of carbonyl (C=O) groups excluding carboxylic acids is 1. The minimum Gasteiger partial charge on any atom is -0.336 e. The van der Waals surface area contributed by atoms with Crippen molar-refractivity contribution in [3.8, 4) is 0 Å². The molecule has 2 fully saturated rings. The highest BCUT2D eigenvalue weighted by Crippen LogP contribution is 2.26. The van der Waals surface area contributed by atoms with Crippen molar-refractivity contribution in [2.24, 2.45) is 0 Å². The van der Waals surface area contributed by atoms with E-state index in [1.807, 2.05) is 21.8 Å². The Bertz CT molecular complexity index is 629. The molecule has 2 unspecified atom stereocenters. The molecule has 122 valence electrons. The van der Waals surface area contributed by atoms with E-state index >= 15 is 0 Å². The van der Waals surface area contributed by atoms with Gasteiger partial charge in [-0.3, -0.25) is 9.48 Å². The van der Waals surface area contributed by atoms with Gasteiger partial charge in [0.2, 0.25) is 15.9 Å². The van der Waals surface area contributed by atoms with E-state index in [0.29, 0.717) is 26.1 Å². The van der Waals surface area contributed by atoms with Crippen LogP contribution in [0.1, 0.15) is 25.7 Å². The van der Waals surface area contributed by atoms with Crippen LogP contribution < -0.4 is 0 Å². The maximum Gasteiger partial charge on any atom is 0.241 e. The van der Waals surface area contributed by atoms with Gasteiger partial charge in [0.05, 0.1) is 18.8 Å². The first-order valence-corrected chi connectivity index (χ1v) is 9.56. The van der Waals surface area contributed by atoms with Crippen LogP contribution in [0.3, 0.4) is 0 Å². The second-order valence-electron chi connectivity index (χ2n) is 6.09. The Kier molecular flexibility index (Phi) is 4.22. The lowest BCUT2D eigenvalue weighted by Crippen LogP contribution is -2.49. The van der Waals surface area contributed by atoms with E-state index in [9.17, 15) is 13.2 Å². The monoisotopic (exact) mass is 326 g/mol. The van der Waals surface area contributed by atoms with E-state index in [1.165, 1.54) is 10.6 Å². The lowest BCUT2D eigenvalue weighted by atomic mass is 10.1. The topological polar surface area (TPSA) is 75.5 Å². The molecule has 0 spiro atoms. The number of sulfonamides is 1. The van der Waals surface area contributed by atoms with E-state index in [0.717, 1.165) is 19.3 Å². The highest BCUT2D eigenvalue weighted by atomic mass is 32.2. The SMILES string of the molecule is CS(=O)(=O)N1CCCC1C(=O)N1CCCC1Cn1cccn1. The van der Waals surface area contributed by atoms with Gasteiger partial charge in [0.1, 0.15) is 6.04 Å². The number of rotatable bonds is 4. The molecule has 0 saturated carbocycles. The molecule has 0 bridgehead atoms. The molecule has 8 heteroatoms. The smallest absolute Gasteiger partial charge is 0.241 e. The average Bonchev–Trinajstić information content (AvgIpc) is 3.19. The fraction of sp³-hybridized carbons (Fsp3) is 0.714. The Morgan fingerprint density at radius 2 is 2.05 bits per heavy atom. The lowest BCUT2D eigenvalue weighted by molar-refractivity contribution is -0.135. The van der Waals surface area contributed by atoms with Gasteiger partial charge in [-0.05, 0) is 31.7 Å². The van der Waals surface area contributed by atoms with Crippen LogP contribution >= 0.6 is 0 Å². The number of aromatic nitrogens is 2. The summed E-state index contributed by atoms with van der Waals surface area (Å²) in [5.41, 5.74) is 0. The molecular weight excluding hydrogens is 304 g/mol. The van der Waals surface area contributed by atoms with Gasteiger partial charge in [-0.25, -0.2) is 8.42 Å². The summed E-state index contributed by atoms with van der Waals surface area (Å²) in [5.74, 6) is -0.0439. The molecule has 1 aromatic rings. The predicted octanol–water partition coefficient (Wildman–Crippen LogP) is 0.298. The van der Waals surface area contributed by atoms with E-state index in [-0.39, 0.29) is 11.9 Å². The van der Waals surface area contributed by atoms with Crippen LogP contribution in [-0.4, -0.2) is 64.7 Å². The van der Waals surface area contributed by atoms with Crippen molar-refractivity contribution in [3.05, 3.63) is 18.5 Å². The minimum absolute atomic E-state index is 0.0439. The quantitative estimate of drug-likeness (QED) is 0.797. The summed E-state index contributed by atoms with van der Waals surface area (Å²) in [5, 5.41) is 4.20. The Labute approximate surface area is 130 Å². The van der Waals surface area contributed by atoms with Crippen LogP contribution in [0.15, 0.2) is 18.5 Å². The third-order valence-electron chi connectivity index (χ3n) is 4.53. The Morgan fingerprint density at radius 1 is 1.27 bits per heavy atom. The van der Waals surface area contributed by atoms with Crippen LogP contribution in [0.25, 0.3) is 0 Å².